The van der Waals surface area contributed by atoms with Gasteiger partial charge in [0.15, 0.2) is 0 Å². The van der Waals surface area contributed by atoms with Crippen LogP contribution in [0.15, 0.2) is 12.3 Å². The molecule has 0 spiro atoms. The second-order valence-corrected chi connectivity index (χ2v) is 6.20. The van der Waals surface area contributed by atoms with Crippen molar-refractivity contribution in [2.45, 2.75) is 39.3 Å². The Bertz CT molecular complexity index is 669. The number of amides is 1. The summed E-state index contributed by atoms with van der Waals surface area (Å²) >= 11 is 0. The Morgan fingerprint density at radius 1 is 1.48 bits per heavy atom. The zero-order valence-electron chi connectivity index (χ0n) is 14.0. The third kappa shape index (κ3) is 3.29. The van der Waals surface area contributed by atoms with E-state index in [4.69, 9.17) is 0 Å². The molecule has 3 heterocycles. The molecule has 2 N–H and O–H groups in total. The molecule has 0 aromatic carbocycles. The molecule has 1 aliphatic heterocycles. The molecule has 2 aromatic heterocycles. The molecule has 7 heteroatoms. The van der Waals surface area contributed by atoms with E-state index < -0.39 is 0 Å². The van der Waals surface area contributed by atoms with Crippen molar-refractivity contribution in [2.75, 3.05) is 20.1 Å². The van der Waals surface area contributed by atoms with Crippen molar-refractivity contribution in [1.82, 2.24) is 30.2 Å². The number of carbonyl (C=O) groups is 1. The molecule has 7 nitrogen and oxygen atoms in total. The summed E-state index contributed by atoms with van der Waals surface area (Å²) in [6.45, 7) is 7.06. The highest BCUT2D eigenvalue weighted by Crippen LogP contribution is 2.23. The van der Waals surface area contributed by atoms with Gasteiger partial charge in [-0.05, 0) is 39.3 Å². The molecule has 0 bridgehead atoms. The maximum Gasteiger partial charge on any atom is 0.271 e. The largest absolute Gasteiger partial charge is 0.354 e. The number of carbonyl (C=O) groups excluding carboxylic acids is 1. The van der Waals surface area contributed by atoms with Crippen LogP contribution in [0.1, 0.15) is 46.3 Å². The van der Waals surface area contributed by atoms with E-state index in [0.29, 0.717) is 11.7 Å². The fourth-order valence-electron chi connectivity index (χ4n) is 3.21. The number of likely N-dealkylation sites (tertiary alicyclic amines) is 1. The number of aromatic amines is 1. The molecular formula is C16H24N6O. The lowest BCUT2D eigenvalue weighted by Crippen LogP contribution is -2.36. The van der Waals surface area contributed by atoms with E-state index in [1.807, 2.05) is 17.8 Å². The molecule has 0 radical (unpaired) electrons. The van der Waals surface area contributed by atoms with Gasteiger partial charge in [-0.25, -0.2) is 0 Å². The first-order valence-corrected chi connectivity index (χ1v) is 8.08. The maximum absolute atomic E-state index is 11.7. The minimum Gasteiger partial charge on any atom is -0.354 e. The number of aromatic nitrogens is 4. The molecule has 1 amide bonds. The van der Waals surface area contributed by atoms with Crippen molar-refractivity contribution in [3.8, 4) is 0 Å². The van der Waals surface area contributed by atoms with Gasteiger partial charge in [-0.3, -0.25) is 19.5 Å². The first-order chi connectivity index (χ1) is 11.1. The minimum absolute atomic E-state index is 0.138. The van der Waals surface area contributed by atoms with Crippen LogP contribution < -0.4 is 5.32 Å². The molecule has 124 valence electrons. The molecule has 1 unspecified atom stereocenters. The number of rotatable bonds is 4. The summed E-state index contributed by atoms with van der Waals surface area (Å²) in [6, 6.07) is 2.09. The second kappa shape index (κ2) is 6.54. The lowest BCUT2D eigenvalue weighted by atomic mass is 10.0. The third-order valence-corrected chi connectivity index (χ3v) is 4.59. The van der Waals surface area contributed by atoms with Gasteiger partial charge in [0, 0.05) is 37.6 Å². The lowest BCUT2D eigenvalue weighted by molar-refractivity contribution is 0.0955. The number of nitrogens with one attached hydrogen (secondary N) is 2. The van der Waals surface area contributed by atoms with E-state index in [1.54, 1.807) is 13.1 Å². The molecule has 1 aliphatic rings. The molecule has 0 aliphatic carbocycles. The van der Waals surface area contributed by atoms with Crippen molar-refractivity contribution in [2.24, 2.45) is 0 Å². The summed E-state index contributed by atoms with van der Waals surface area (Å²) in [5, 5.41) is 14.4. The van der Waals surface area contributed by atoms with E-state index in [0.717, 1.165) is 43.9 Å². The Hall–Kier alpha value is -2.15. The SMILES string of the molecule is CNC(=O)c1ccn(C2CCCN(Cc3c(C)n[nH]c3C)C2)n1. The summed E-state index contributed by atoms with van der Waals surface area (Å²) in [6.07, 6.45) is 4.14. The highest BCUT2D eigenvalue weighted by molar-refractivity contribution is 5.91. The van der Waals surface area contributed by atoms with Crippen LogP contribution in [0, 0.1) is 13.8 Å². The van der Waals surface area contributed by atoms with Crippen molar-refractivity contribution in [3.63, 3.8) is 0 Å². The monoisotopic (exact) mass is 316 g/mol. The molecule has 1 atom stereocenters. The molecule has 3 rings (SSSR count). The van der Waals surface area contributed by atoms with Crippen LogP contribution in [0.25, 0.3) is 0 Å². The van der Waals surface area contributed by atoms with Crippen molar-refractivity contribution in [1.29, 1.82) is 0 Å². The summed E-state index contributed by atoms with van der Waals surface area (Å²) in [4.78, 5) is 14.1. The van der Waals surface area contributed by atoms with Crippen LogP contribution in [0.2, 0.25) is 0 Å². The third-order valence-electron chi connectivity index (χ3n) is 4.59. The van der Waals surface area contributed by atoms with Gasteiger partial charge < -0.3 is 5.32 Å². The zero-order valence-corrected chi connectivity index (χ0v) is 14.0. The van der Waals surface area contributed by atoms with E-state index in [9.17, 15) is 4.79 Å². The first kappa shape index (κ1) is 15.7. The Labute approximate surface area is 136 Å². The van der Waals surface area contributed by atoms with Gasteiger partial charge in [0.05, 0.1) is 11.7 Å². The topological polar surface area (TPSA) is 78.8 Å². The van der Waals surface area contributed by atoms with Crippen LogP contribution in [-0.4, -0.2) is 50.9 Å². The van der Waals surface area contributed by atoms with Crippen LogP contribution in [0.5, 0.6) is 0 Å². The summed E-state index contributed by atoms with van der Waals surface area (Å²) in [7, 11) is 1.62. The number of hydrogen-bond acceptors (Lipinski definition) is 4. The fraction of sp³-hybridized carbons (Fsp3) is 0.562. The van der Waals surface area contributed by atoms with Gasteiger partial charge in [-0.15, -0.1) is 0 Å². The van der Waals surface area contributed by atoms with Gasteiger partial charge in [0.2, 0.25) is 0 Å². The van der Waals surface area contributed by atoms with Gasteiger partial charge in [0.25, 0.3) is 5.91 Å². The minimum atomic E-state index is -0.138. The molecule has 2 aromatic rings. The standard InChI is InChI=1S/C16H24N6O/c1-11-14(12(2)19-18-11)10-21-7-4-5-13(9-21)22-8-6-15(20-22)16(23)17-3/h6,8,13H,4-5,7,9-10H2,1-3H3,(H,17,23)(H,18,19). The number of aryl methyl sites for hydroxylation is 2. The highest BCUT2D eigenvalue weighted by Gasteiger charge is 2.24. The Morgan fingerprint density at radius 3 is 3.00 bits per heavy atom. The predicted molar refractivity (Wildman–Crippen MR) is 87.2 cm³/mol. The number of piperidine rings is 1. The Morgan fingerprint density at radius 2 is 2.30 bits per heavy atom. The molecule has 0 saturated carbocycles. The van der Waals surface area contributed by atoms with Gasteiger partial charge in [0.1, 0.15) is 5.69 Å². The summed E-state index contributed by atoms with van der Waals surface area (Å²) in [5.41, 5.74) is 3.99. The van der Waals surface area contributed by atoms with Crippen LogP contribution in [0.4, 0.5) is 0 Å². The lowest BCUT2D eigenvalue weighted by Gasteiger charge is -2.32. The highest BCUT2D eigenvalue weighted by atomic mass is 16.1. The maximum atomic E-state index is 11.7. The summed E-state index contributed by atoms with van der Waals surface area (Å²) < 4.78 is 1.94. The van der Waals surface area contributed by atoms with E-state index in [-0.39, 0.29) is 5.91 Å². The van der Waals surface area contributed by atoms with Crippen molar-refractivity contribution >= 4 is 5.91 Å². The Kier molecular flexibility index (Phi) is 4.47. The first-order valence-electron chi connectivity index (χ1n) is 8.08. The molecule has 23 heavy (non-hydrogen) atoms. The van der Waals surface area contributed by atoms with E-state index in [1.165, 1.54) is 5.56 Å². The predicted octanol–water partition coefficient (Wildman–Crippen LogP) is 1.42. The fourth-order valence-corrected chi connectivity index (χ4v) is 3.21. The van der Waals surface area contributed by atoms with Crippen molar-refractivity contribution < 1.29 is 4.79 Å². The quantitative estimate of drug-likeness (QED) is 0.894. The normalized spacial score (nSPS) is 19.0. The number of hydrogen-bond donors (Lipinski definition) is 2. The summed E-state index contributed by atoms with van der Waals surface area (Å²) in [5.74, 6) is -0.138. The van der Waals surface area contributed by atoms with E-state index >= 15 is 0 Å². The zero-order chi connectivity index (χ0) is 16.4. The number of nitrogens with zero attached hydrogens (tertiary/aromatic N) is 4. The Balaban J connectivity index is 1.68. The molecule has 1 saturated heterocycles. The van der Waals surface area contributed by atoms with Crippen LogP contribution >= 0.6 is 0 Å². The molecular weight excluding hydrogens is 292 g/mol. The van der Waals surface area contributed by atoms with Crippen LogP contribution in [0.3, 0.4) is 0 Å². The number of H-pyrrole nitrogens is 1. The van der Waals surface area contributed by atoms with Crippen LogP contribution in [-0.2, 0) is 6.54 Å². The van der Waals surface area contributed by atoms with Gasteiger partial charge in [-0.2, -0.15) is 10.2 Å². The van der Waals surface area contributed by atoms with Crippen molar-refractivity contribution in [3.05, 3.63) is 34.9 Å². The average molecular weight is 316 g/mol. The van der Waals surface area contributed by atoms with Gasteiger partial charge >= 0.3 is 0 Å². The smallest absolute Gasteiger partial charge is 0.271 e. The van der Waals surface area contributed by atoms with E-state index in [2.05, 4.69) is 32.4 Å². The van der Waals surface area contributed by atoms with Gasteiger partial charge in [-0.1, -0.05) is 0 Å². The second-order valence-electron chi connectivity index (χ2n) is 6.20. The average Bonchev–Trinajstić information content (AvgIpc) is 3.17. The molecule has 1 fully saturated rings.